The second kappa shape index (κ2) is 15.7. The number of nitrogens with zero attached hydrogens (tertiary/aromatic N) is 4. The van der Waals surface area contributed by atoms with Crippen molar-refractivity contribution in [2.24, 2.45) is 0 Å². The predicted octanol–water partition coefficient (Wildman–Crippen LogP) is 7.52. The zero-order chi connectivity index (χ0) is 26.5. The molecule has 3 rings (SSSR count). The van der Waals surface area contributed by atoms with Crippen LogP contribution in [0.25, 0.3) is 0 Å². The van der Waals surface area contributed by atoms with Crippen LogP contribution in [0.2, 0.25) is 0 Å². The van der Waals surface area contributed by atoms with Crippen LogP contribution in [0.5, 0.6) is 0 Å². The summed E-state index contributed by atoms with van der Waals surface area (Å²) in [5.41, 5.74) is 1.68. The van der Waals surface area contributed by atoms with Gasteiger partial charge in [0, 0.05) is 38.1 Å². The average molecular weight is 572 g/mol. The molecule has 1 fully saturated rings. The van der Waals surface area contributed by atoms with Gasteiger partial charge in [0.25, 0.3) is 0 Å². The number of halogens is 1. The van der Waals surface area contributed by atoms with Gasteiger partial charge >= 0.3 is 12.1 Å². The van der Waals surface area contributed by atoms with Crippen molar-refractivity contribution < 1.29 is 9.59 Å². The Hall–Kier alpha value is -2.54. The third kappa shape index (κ3) is 8.22. The van der Waals surface area contributed by atoms with Crippen LogP contribution in [0.1, 0.15) is 58.8 Å². The Morgan fingerprint density at radius 2 is 1.35 bits per heavy atom. The van der Waals surface area contributed by atoms with E-state index < -0.39 is 0 Å². The summed E-state index contributed by atoms with van der Waals surface area (Å²) >= 11 is 3.59. The third-order valence-electron chi connectivity index (χ3n) is 7.00. The van der Waals surface area contributed by atoms with Crippen molar-refractivity contribution in [3.05, 3.63) is 60.7 Å². The number of carbonyl (C=O) groups is 2. The van der Waals surface area contributed by atoms with Crippen molar-refractivity contribution in [1.82, 2.24) is 14.7 Å². The van der Waals surface area contributed by atoms with Crippen molar-refractivity contribution in [2.75, 3.05) is 43.0 Å². The summed E-state index contributed by atoms with van der Waals surface area (Å²) in [7, 11) is 0. The fourth-order valence-electron chi connectivity index (χ4n) is 4.91. The largest absolute Gasteiger partial charge is 0.329 e. The molecule has 1 saturated heterocycles. The Morgan fingerprint density at radius 1 is 0.811 bits per heavy atom. The summed E-state index contributed by atoms with van der Waals surface area (Å²) < 4.78 is 0. The van der Waals surface area contributed by atoms with E-state index in [1.54, 1.807) is 4.90 Å². The van der Waals surface area contributed by atoms with Crippen molar-refractivity contribution in [3.63, 3.8) is 0 Å². The maximum atomic E-state index is 14.1. The first-order chi connectivity index (χ1) is 18.1. The van der Waals surface area contributed by atoms with Gasteiger partial charge in [-0.3, -0.25) is 4.90 Å². The van der Waals surface area contributed by atoms with Gasteiger partial charge in [-0.1, -0.05) is 91.9 Å². The molecular weight excluding hydrogens is 528 g/mol. The molecule has 0 aliphatic carbocycles. The van der Waals surface area contributed by atoms with Crippen LogP contribution < -0.4 is 4.90 Å². The molecule has 0 bridgehead atoms. The maximum absolute atomic E-state index is 14.1. The Kier molecular flexibility index (Phi) is 12.3. The lowest BCUT2D eigenvalue weighted by Gasteiger charge is -2.44. The van der Waals surface area contributed by atoms with Crippen LogP contribution in [0.4, 0.5) is 21.0 Å². The lowest BCUT2D eigenvalue weighted by Crippen LogP contribution is -2.60. The number of anilines is 2. The quantitative estimate of drug-likeness (QED) is 0.195. The molecule has 1 atom stereocenters. The van der Waals surface area contributed by atoms with E-state index in [4.69, 9.17) is 0 Å². The van der Waals surface area contributed by atoms with Crippen LogP contribution in [-0.4, -0.2) is 70.9 Å². The first-order valence-corrected chi connectivity index (χ1v) is 15.0. The van der Waals surface area contributed by atoms with E-state index in [0.717, 1.165) is 74.7 Å². The molecule has 2 aromatic carbocycles. The molecule has 202 valence electrons. The molecule has 0 saturated carbocycles. The first kappa shape index (κ1) is 29.0. The molecule has 1 heterocycles. The van der Waals surface area contributed by atoms with Gasteiger partial charge in [-0.15, -0.1) is 0 Å². The Labute approximate surface area is 231 Å². The fourth-order valence-corrected chi connectivity index (χ4v) is 5.44. The van der Waals surface area contributed by atoms with Crippen LogP contribution in [0.3, 0.4) is 0 Å². The Balaban J connectivity index is 1.78. The molecule has 1 unspecified atom stereocenters. The fraction of sp³-hybridized carbons (Fsp3) is 0.533. The second-order valence-corrected chi connectivity index (χ2v) is 10.5. The number of benzene rings is 2. The molecule has 4 amide bonds. The number of rotatable bonds is 12. The summed E-state index contributed by atoms with van der Waals surface area (Å²) in [6, 6.07) is 19.6. The average Bonchev–Trinajstić information content (AvgIpc) is 2.93. The van der Waals surface area contributed by atoms with Gasteiger partial charge in [0.15, 0.2) is 0 Å². The van der Waals surface area contributed by atoms with Gasteiger partial charge in [0.05, 0.1) is 17.4 Å². The highest BCUT2D eigenvalue weighted by atomic mass is 79.9. The number of unbranched alkanes of at least 4 members (excludes halogenated alkanes) is 4. The highest BCUT2D eigenvalue weighted by Gasteiger charge is 2.36. The number of amides is 4. The van der Waals surface area contributed by atoms with Gasteiger partial charge in [-0.05, 0) is 43.5 Å². The lowest BCUT2D eigenvalue weighted by molar-refractivity contribution is 0.0901. The minimum atomic E-state index is -0.0485. The van der Waals surface area contributed by atoms with Crippen LogP contribution in [0.15, 0.2) is 60.7 Å². The van der Waals surface area contributed by atoms with Gasteiger partial charge in [-0.2, -0.15) is 0 Å². The molecule has 0 aromatic heterocycles. The summed E-state index contributed by atoms with van der Waals surface area (Å²) in [6.45, 7) is 7.65. The van der Waals surface area contributed by atoms with E-state index in [1.807, 2.05) is 75.4 Å². The van der Waals surface area contributed by atoms with Crippen LogP contribution in [-0.2, 0) is 0 Å². The number of hydrogen-bond acceptors (Lipinski definition) is 2. The molecular formula is C30H43BrN4O2. The molecule has 2 aromatic rings. The third-order valence-corrected chi connectivity index (χ3v) is 7.45. The van der Waals surface area contributed by atoms with E-state index in [9.17, 15) is 9.59 Å². The molecule has 37 heavy (non-hydrogen) atoms. The first-order valence-electron chi connectivity index (χ1n) is 13.9. The van der Waals surface area contributed by atoms with Crippen molar-refractivity contribution in [2.45, 2.75) is 64.8 Å². The van der Waals surface area contributed by atoms with Crippen molar-refractivity contribution in [3.8, 4) is 0 Å². The predicted molar refractivity (Wildman–Crippen MR) is 157 cm³/mol. The zero-order valence-corrected chi connectivity index (χ0v) is 24.1. The molecule has 0 N–H and O–H groups in total. The summed E-state index contributed by atoms with van der Waals surface area (Å²) in [6.07, 6.45) is 7.44. The SMILES string of the molecule is CCCCCN(CCCCC)C(=O)N1CCN(C(=O)N(c2ccccc2)c2ccccc2)C(CCBr)C1. The highest BCUT2D eigenvalue weighted by Crippen LogP contribution is 2.29. The lowest BCUT2D eigenvalue weighted by atomic mass is 10.1. The molecule has 1 aliphatic heterocycles. The Bertz CT molecular complexity index is 894. The molecule has 0 spiro atoms. The van der Waals surface area contributed by atoms with E-state index in [1.165, 1.54) is 0 Å². The van der Waals surface area contributed by atoms with Crippen molar-refractivity contribution in [1.29, 1.82) is 0 Å². The minimum absolute atomic E-state index is 0.0433. The van der Waals surface area contributed by atoms with Crippen molar-refractivity contribution >= 4 is 39.4 Å². The monoisotopic (exact) mass is 570 g/mol. The normalized spacial score (nSPS) is 15.5. The second-order valence-electron chi connectivity index (χ2n) is 9.74. The zero-order valence-electron chi connectivity index (χ0n) is 22.5. The Morgan fingerprint density at radius 3 is 1.84 bits per heavy atom. The number of hydrogen-bond donors (Lipinski definition) is 0. The topological polar surface area (TPSA) is 47.1 Å². The van der Waals surface area contributed by atoms with E-state index in [0.29, 0.717) is 19.6 Å². The summed E-state index contributed by atoms with van der Waals surface area (Å²) in [5, 5.41) is 0.775. The minimum Gasteiger partial charge on any atom is -0.325 e. The number of carbonyl (C=O) groups excluding carboxylic acids is 2. The van der Waals surface area contributed by atoms with E-state index in [2.05, 4.69) is 29.8 Å². The standard InChI is InChI=1S/C30H43BrN4O2/c1-3-5-13-21-32(22-14-6-4-2)29(36)33-23-24-34(28(25-33)19-20-31)30(37)35(26-15-9-7-10-16-26)27-17-11-8-12-18-27/h7-12,15-18,28H,3-6,13-14,19-25H2,1-2H3. The summed E-state index contributed by atoms with van der Waals surface area (Å²) in [5.74, 6) is 0. The van der Waals surface area contributed by atoms with E-state index in [-0.39, 0.29) is 18.1 Å². The smallest absolute Gasteiger partial charge is 0.325 e. The highest BCUT2D eigenvalue weighted by molar-refractivity contribution is 9.09. The molecule has 1 aliphatic rings. The maximum Gasteiger partial charge on any atom is 0.329 e. The van der Waals surface area contributed by atoms with Gasteiger partial charge in [-0.25, -0.2) is 9.59 Å². The molecule has 0 radical (unpaired) electrons. The number of urea groups is 2. The molecule has 7 heteroatoms. The van der Waals surface area contributed by atoms with E-state index >= 15 is 0 Å². The van der Waals surface area contributed by atoms with Gasteiger partial charge in [0.2, 0.25) is 0 Å². The summed E-state index contributed by atoms with van der Waals surface area (Å²) in [4.78, 5) is 35.5. The molecule has 6 nitrogen and oxygen atoms in total. The van der Waals surface area contributed by atoms with Crippen LogP contribution in [0, 0.1) is 0 Å². The van der Waals surface area contributed by atoms with Gasteiger partial charge in [0.1, 0.15) is 0 Å². The van der Waals surface area contributed by atoms with Crippen LogP contribution >= 0.6 is 15.9 Å². The number of piperazine rings is 1. The van der Waals surface area contributed by atoms with Gasteiger partial charge < -0.3 is 14.7 Å². The number of para-hydroxylation sites is 2. The number of alkyl halides is 1.